The van der Waals surface area contributed by atoms with Gasteiger partial charge in [0.25, 0.3) is 0 Å². The predicted molar refractivity (Wildman–Crippen MR) is 39.7 cm³/mol. The third-order valence-electron chi connectivity index (χ3n) is 1.09. The molecule has 0 spiro atoms. The normalized spacial score (nSPS) is 11.3. The summed E-state index contributed by atoms with van der Waals surface area (Å²) in [4.78, 5) is 12.2. The van der Waals surface area contributed by atoms with E-state index in [1.807, 2.05) is 0 Å². The molecule has 3 nitrogen and oxygen atoms in total. The van der Waals surface area contributed by atoms with Crippen molar-refractivity contribution >= 4 is 5.91 Å². The number of allylic oxidation sites excluding steroid dienone is 1. The molecule has 0 radical (unpaired) electrons. The van der Waals surface area contributed by atoms with E-state index in [-0.39, 0.29) is 11.7 Å². The van der Waals surface area contributed by atoms with Gasteiger partial charge in [0.2, 0.25) is 5.91 Å². The van der Waals surface area contributed by atoms with Crippen LogP contribution in [0.4, 0.5) is 0 Å². The molecule has 58 valence electrons. The number of hydrogen-bond donors (Lipinski definition) is 1. The Morgan fingerprint density at radius 2 is 2.10 bits per heavy atom. The van der Waals surface area contributed by atoms with Crippen LogP contribution < -0.4 is 0 Å². The Balaban J connectivity index is 4.00. The van der Waals surface area contributed by atoms with Crippen LogP contribution in [-0.2, 0) is 4.79 Å². The van der Waals surface area contributed by atoms with Gasteiger partial charge in [-0.25, -0.2) is 0 Å². The van der Waals surface area contributed by atoms with Crippen LogP contribution >= 0.6 is 0 Å². The molecule has 1 N–H and O–H groups in total. The van der Waals surface area contributed by atoms with Crippen LogP contribution in [0.25, 0.3) is 0 Å². The molecule has 0 atom stereocenters. The summed E-state index contributed by atoms with van der Waals surface area (Å²) in [5.41, 5.74) is 0. The van der Waals surface area contributed by atoms with Crippen LogP contribution in [0.1, 0.15) is 13.3 Å². The lowest BCUT2D eigenvalue weighted by Crippen LogP contribution is -2.19. The van der Waals surface area contributed by atoms with Gasteiger partial charge in [-0.2, -0.15) is 0 Å². The Labute approximate surface area is 61.0 Å². The second-order valence-corrected chi connectivity index (χ2v) is 2.22. The van der Waals surface area contributed by atoms with Crippen molar-refractivity contribution in [3.05, 3.63) is 11.8 Å². The van der Waals surface area contributed by atoms with Gasteiger partial charge in [0.15, 0.2) is 0 Å². The van der Waals surface area contributed by atoms with Gasteiger partial charge in [-0.3, -0.25) is 4.79 Å². The molecular weight excluding hydrogens is 130 g/mol. The Morgan fingerprint density at radius 1 is 1.60 bits per heavy atom. The number of carbonyl (C=O) groups excluding carboxylic acids is 1. The fourth-order valence-electron chi connectivity index (χ4n) is 0.374. The predicted octanol–water partition coefficient (Wildman–Crippen LogP) is 0.927. The first kappa shape index (κ1) is 9.01. The van der Waals surface area contributed by atoms with Crippen LogP contribution in [0.2, 0.25) is 0 Å². The van der Waals surface area contributed by atoms with E-state index < -0.39 is 0 Å². The highest BCUT2D eigenvalue weighted by Crippen LogP contribution is 1.94. The van der Waals surface area contributed by atoms with Crippen LogP contribution in [0.15, 0.2) is 11.8 Å². The zero-order valence-corrected chi connectivity index (χ0v) is 6.59. The smallest absolute Gasteiger partial charge is 0.249 e. The van der Waals surface area contributed by atoms with E-state index in [9.17, 15) is 4.79 Å². The van der Waals surface area contributed by atoms with Crippen molar-refractivity contribution in [1.29, 1.82) is 0 Å². The van der Waals surface area contributed by atoms with Crippen molar-refractivity contribution in [3.63, 3.8) is 0 Å². The minimum atomic E-state index is -0.181. The van der Waals surface area contributed by atoms with Gasteiger partial charge < -0.3 is 10.0 Å². The minimum Gasteiger partial charge on any atom is -0.512 e. The monoisotopic (exact) mass is 143 g/mol. The average Bonchev–Trinajstić information content (AvgIpc) is 1.87. The number of rotatable bonds is 2. The van der Waals surface area contributed by atoms with Crippen molar-refractivity contribution in [2.24, 2.45) is 0 Å². The molecule has 0 bridgehead atoms. The van der Waals surface area contributed by atoms with Gasteiger partial charge in [-0.1, -0.05) is 6.92 Å². The zero-order chi connectivity index (χ0) is 8.15. The van der Waals surface area contributed by atoms with Gasteiger partial charge in [0.1, 0.15) is 0 Å². The lowest BCUT2D eigenvalue weighted by atomic mass is 10.3. The number of amides is 1. The summed E-state index contributed by atoms with van der Waals surface area (Å²) >= 11 is 0. The second-order valence-electron chi connectivity index (χ2n) is 2.22. The number of carbonyl (C=O) groups is 1. The Morgan fingerprint density at radius 3 is 2.40 bits per heavy atom. The molecule has 0 aliphatic carbocycles. The molecule has 0 aromatic carbocycles. The van der Waals surface area contributed by atoms with Gasteiger partial charge in [0, 0.05) is 26.6 Å². The maximum Gasteiger partial charge on any atom is 0.249 e. The lowest BCUT2D eigenvalue weighted by Gasteiger charge is -2.05. The van der Waals surface area contributed by atoms with Crippen LogP contribution in [0.5, 0.6) is 0 Å². The van der Waals surface area contributed by atoms with Gasteiger partial charge in [-0.05, 0) is 0 Å². The first-order valence-corrected chi connectivity index (χ1v) is 3.18. The molecule has 0 fully saturated rings. The largest absolute Gasteiger partial charge is 0.512 e. The molecule has 0 aliphatic rings. The maximum atomic E-state index is 10.8. The molecule has 0 saturated heterocycles. The minimum absolute atomic E-state index is 0.124. The topological polar surface area (TPSA) is 40.5 Å². The third kappa shape index (κ3) is 3.12. The average molecular weight is 143 g/mol. The SMILES string of the molecule is CCC(O)=CC(=O)N(C)C. The number of aliphatic hydroxyl groups is 1. The number of nitrogens with zero attached hydrogens (tertiary/aromatic N) is 1. The number of hydrogen-bond acceptors (Lipinski definition) is 2. The highest BCUT2D eigenvalue weighted by Gasteiger charge is 1.99. The molecule has 0 aliphatic heterocycles. The zero-order valence-electron chi connectivity index (χ0n) is 6.59. The standard InChI is InChI=1S/C7H13NO2/c1-4-6(9)5-7(10)8(2)3/h5,9H,4H2,1-3H3. The fraction of sp³-hybridized carbons (Fsp3) is 0.571. The molecule has 3 heteroatoms. The molecule has 0 rings (SSSR count). The van der Waals surface area contributed by atoms with Crippen molar-refractivity contribution < 1.29 is 9.90 Å². The quantitative estimate of drug-likeness (QED) is 0.461. The van der Waals surface area contributed by atoms with Crippen LogP contribution in [0, 0.1) is 0 Å². The van der Waals surface area contributed by atoms with E-state index in [1.165, 1.54) is 11.0 Å². The van der Waals surface area contributed by atoms with Crippen LogP contribution in [0.3, 0.4) is 0 Å². The maximum absolute atomic E-state index is 10.8. The molecule has 0 heterocycles. The Hall–Kier alpha value is -0.990. The molecular formula is C7H13NO2. The van der Waals surface area contributed by atoms with Gasteiger partial charge in [-0.15, -0.1) is 0 Å². The van der Waals surface area contributed by atoms with E-state index in [2.05, 4.69) is 0 Å². The van der Waals surface area contributed by atoms with E-state index in [4.69, 9.17) is 5.11 Å². The first-order chi connectivity index (χ1) is 4.57. The highest BCUT2D eigenvalue weighted by atomic mass is 16.3. The molecule has 0 aromatic rings. The number of aliphatic hydroxyl groups excluding tert-OH is 1. The molecule has 0 saturated carbocycles. The van der Waals surface area contributed by atoms with Crippen molar-refractivity contribution in [2.75, 3.05) is 14.1 Å². The molecule has 0 unspecified atom stereocenters. The summed E-state index contributed by atoms with van der Waals surface area (Å²) in [5.74, 6) is -0.0574. The molecule has 1 amide bonds. The fourth-order valence-corrected chi connectivity index (χ4v) is 0.374. The van der Waals surface area contributed by atoms with Gasteiger partial charge in [0.05, 0.1) is 5.76 Å². The van der Waals surface area contributed by atoms with Gasteiger partial charge >= 0.3 is 0 Å². The second kappa shape index (κ2) is 3.93. The summed E-state index contributed by atoms with van der Waals surface area (Å²) in [6.07, 6.45) is 1.72. The molecule has 10 heavy (non-hydrogen) atoms. The summed E-state index contributed by atoms with van der Waals surface area (Å²) in [7, 11) is 3.28. The summed E-state index contributed by atoms with van der Waals surface area (Å²) in [6.45, 7) is 1.79. The first-order valence-electron chi connectivity index (χ1n) is 3.18. The summed E-state index contributed by atoms with van der Waals surface area (Å²) < 4.78 is 0. The summed E-state index contributed by atoms with van der Waals surface area (Å²) in [6, 6.07) is 0. The van der Waals surface area contributed by atoms with Crippen molar-refractivity contribution in [2.45, 2.75) is 13.3 Å². The molecule has 0 aromatic heterocycles. The van der Waals surface area contributed by atoms with E-state index in [1.54, 1.807) is 21.0 Å². The van der Waals surface area contributed by atoms with E-state index in [0.717, 1.165) is 0 Å². The van der Waals surface area contributed by atoms with Crippen molar-refractivity contribution in [3.8, 4) is 0 Å². The van der Waals surface area contributed by atoms with E-state index >= 15 is 0 Å². The Bertz CT molecular complexity index is 150. The van der Waals surface area contributed by atoms with E-state index in [0.29, 0.717) is 6.42 Å². The van der Waals surface area contributed by atoms with Crippen molar-refractivity contribution in [1.82, 2.24) is 4.90 Å². The van der Waals surface area contributed by atoms with Crippen LogP contribution in [-0.4, -0.2) is 30.0 Å². The highest BCUT2D eigenvalue weighted by molar-refractivity contribution is 5.87. The number of likely N-dealkylation sites (N-methyl/N-ethyl adjacent to an activating group) is 1. The summed E-state index contributed by atoms with van der Waals surface area (Å²) in [5, 5.41) is 8.89. The Kier molecular flexibility index (Phi) is 3.54. The lowest BCUT2D eigenvalue weighted by molar-refractivity contribution is -0.123. The third-order valence-corrected chi connectivity index (χ3v) is 1.09.